The lowest BCUT2D eigenvalue weighted by Gasteiger charge is -2.09. The highest BCUT2D eigenvalue weighted by atomic mass is 32.2. The molecule has 0 atom stereocenters. The molecule has 1 aliphatic heterocycles. The second-order valence-corrected chi connectivity index (χ2v) is 6.01. The van der Waals surface area contributed by atoms with E-state index in [1.165, 1.54) is 0 Å². The van der Waals surface area contributed by atoms with Gasteiger partial charge in [-0.15, -0.1) is 0 Å². The first-order valence-corrected chi connectivity index (χ1v) is 8.26. The molecule has 2 aromatic carbocycles. The Kier molecular flexibility index (Phi) is 6.76. The molecule has 5 N–H and O–H groups in total. The molecule has 0 spiro atoms. The fraction of sp³-hybridized carbons (Fsp3) is 0.111. The van der Waals surface area contributed by atoms with Gasteiger partial charge in [-0.1, -0.05) is 18.2 Å². The smallest absolute Gasteiger partial charge is 0.290 e. The molecule has 1 aliphatic rings. The summed E-state index contributed by atoms with van der Waals surface area (Å²) < 4.78 is 5.84. The predicted molar refractivity (Wildman–Crippen MR) is 97.0 cm³/mol. The van der Waals surface area contributed by atoms with Crippen LogP contribution in [0.1, 0.15) is 11.1 Å². The summed E-state index contributed by atoms with van der Waals surface area (Å²) in [5.74, 6) is 0.285. The number of nitrogens with one attached hydrogen (secondary N) is 1. The van der Waals surface area contributed by atoms with Gasteiger partial charge < -0.3 is 15.6 Å². The molecule has 2 amide bonds. The Bertz CT molecular complexity index is 788. The van der Waals surface area contributed by atoms with Crippen molar-refractivity contribution in [2.45, 2.75) is 6.61 Å². The van der Waals surface area contributed by atoms with Gasteiger partial charge in [0.15, 0.2) is 0 Å². The van der Waals surface area contributed by atoms with Crippen molar-refractivity contribution in [3.8, 4) is 5.75 Å². The van der Waals surface area contributed by atoms with Gasteiger partial charge in [0.25, 0.3) is 11.1 Å². The molecule has 0 aliphatic carbocycles. The zero-order chi connectivity index (χ0) is 18.2. The molecule has 130 valence electrons. The van der Waals surface area contributed by atoms with E-state index in [-0.39, 0.29) is 11.1 Å². The van der Waals surface area contributed by atoms with Crippen LogP contribution in [-0.4, -0.2) is 23.4 Å². The summed E-state index contributed by atoms with van der Waals surface area (Å²) in [5.41, 5.74) is 6.59. The largest absolute Gasteiger partial charge is 0.488 e. The summed E-state index contributed by atoms with van der Waals surface area (Å²) in [5, 5.41) is 8.89. The molecule has 0 unspecified atom stereocenters. The molecule has 0 aromatic heterocycles. The quantitative estimate of drug-likeness (QED) is 0.725. The Morgan fingerprint density at radius 1 is 1.12 bits per heavy atom. The third-order valence-corrected chi connectivity index (χ3v) is 4.08. The summed E-state index contributed by atoms with van der Waals surface area (Å²) in [6.45, 7) is 0.415. The maximum absolute atomic E-state index is 11.6. The van der Waals surface area contributed by atoms with Gasteiger partial charge in [-0.2, -0.15) is 0 Å². The standard InChI is InChI=1S/C17H14N2O3S.CH4O/c18-13-7-5-11(6-8-13)10-22-14-4-2-1-3-12(14)9-15-16(20)19-17(21)23-15;1-2/h1-9H,10,18H2,(H,19,20,21);2H,1H3/p+1/b15-9-;. The van der Waals surface area contributed by atoms with Crippen molar-refractivity contribution in [3.05, 3.63) is 64.6 Å². The minimum Gasteiger partial charge on any atom is -0.488 e. The highest BCUT2D eigenvalue weighted by Gasteiger charge is 2.25. The van der Waals surface area contributed by atoms with Gasteiger partial charge in [-0.05, 0) is 53.7 Å². The van der Waals surface area contributed by atoms with Crippen LogP contribution in [0.5, 0.6) is 5.75 Å². The number of imide groups is 1. The normalized spacial score (nSPS) is 14.8. The summed E-state index contributed by atoms with van der Waals surface area (Å²) in [6.07, 6.45) is 1.67. The van der Waals surface area contributed by atoms with Crippen molar-refractivity contribution >= 4 is 34.7 Å². The second kappa shape index (κ2) is 9.03. The van der Waals surface area contributed by atoms with Crippen LogP contribution in [0.25, 0.3) is 6.08 Å². The number of hydrogen-bond donors (Lipinski definition) is 3. The minimum absolute atomic E-state index is 0.354. The Balaban J connectivity index is 0.00000109. The summed E-state index contributed by atoms with van der Waals surface area (Å²) in [4.78, 5) is 23.2. The number of carbonyl (C=O) groups is 2. The van der Waals surface area contributed by atoms with Crippen molar-refractivity contribution in [1.29, 1.82) is 0 Å². The number of carbonyl (C=O) groups excluding carboxylic acids is 2. The van der Waals surface area contributed by atoms with Crippen LogP contribution in [0.2, 0.25) is 0 Å². The zero-order valence-electron chi connectivity index (χ0n) is 13.7. The fourth-order valence-corrected chi connectivity index (χ4v) is 2.76. The molecular weight excluding hydrogens is 340 g/mol. The van der Waals surface area contributed by atoms with Gasteiger partial charge in [0.05, 0.1) is 4.91 Å². The highest BCUT2D eigenvalue weighted by molar-refractivity contribution is 8.18. The maximum Gasteiger partial charge on any atom is 0.290 e. The third kappa shape index (κ3) is 5.18. The molecule has 6 nitrogen and oxygen atoms in total. The molecule has 0 radical (unpaired) electrons. The van der Waals surface area contributed by atoms with E-state index in [0.717, 1.165) is 35.7 Å². The first kappa shape index (κ1) is 18.7. The average Bonchev–Trinajstić information content (AvgIpc) is 2.94. The lowest BCUT2D eigenvalue weighted by Crippen LogP contribution is -2.39. The van der Waals surface area contributed by atoms with E-state index in [4.69, 9.17) is 9.84 Å². The molecule has 1 heterocycles. The Labute approximate surface area is 149 Å². The number of aliphatic hydroxyl groups excluding tert-OH is 1. The van der Waals surface area contributed by atoms with Crippen LogP contribution < -0.4 is 15.8 Å². The van der Waals surface area contributed by atoms with E-state index in [9.17, 15) is 9.59 Å². The molecule has 2 aromatic rings. The minimum atomic E-state index is -0.374. The van der Waals surface area contributed by atoms with Crippen LogP contribution in [-0.2, 0) is 11.4 Å². The second-order valence-electron chi connectivity index (χ2n) is 5.00. The van der Waals surface area contributed by atoms with E-state index < -0.39 is 0 Å². The van der Waals surface area contributed by atoms with E-state index >= 15 is 0 Å². The van der Waals surface area contributed by atoms with Gasteiger partial charge in [0.1, 0.15) is 18.0 Å². The molecule has 1 saturated heterocycles. The maximum atomic E-state index is 11.6. The van der Waals surface area contributed by atoms with E-state index in [2.05, 4.69) is 11.1 Å². The number of amides is 2. The Morgan fingerprint density at radius 3 is 2.44 bits per heavy atom. The topological polar surface area (TPSA) is 103 Å². The molecule has 0 saturated carbocycles. The predicted octanol–water partition coefficient (Wildman–Crippen LogP) is 2.07. The van der Waals surface area contributed by atoms with Crippen molar-refractivity contribution in [2.75, 3.05) is 7.11 Å². The van der Waals surface area contributed by atoms with Gasteiger partial charge in [0.2, 0.25) is 0 Å². The van der Waals surface area contributed by atoms with Gasteiger partial charge >= 0.3 is 0 Å². The van der Waals surface area contributed by atoms with Crippen LogP contribution in [0.4, 0.5) is 10.5 Å². The number of quaternary nitrogens is 1. The lowest BCUT2D eigenvalue weighted by atomic mass is 10.1. The molecule has 0 bridgehead atoms. The molecule has 25 heavy (non-hydrogen) atoms. The van der Waals surface area contributed by atoms with E-state index in [0.29, 0.717) is 17.3 Å². The number of thioether (sulfide) groups is 1. The first-order chi connectivity index (χ1) is 12.1. The Hall–Kier alpha value is -2.61. The zero-order valence-corrected chi connectivity index (χ0v) is 14.5. The van der Waals surface area contributed by atoms with Crippen LogP contribution >= 0.6 is 11.8 Å². The van der Waals surface area contributed by atoms with E-state index in [1.54, 1.807) is 6.08 Å². The number of rotatable bonds is 4. The van der Waals surface area contributed by atoms with Gasteiger partial charge in [-0.25, -0.2) is 0 Å². The van der Waals surface area contributed by atoms with Crippen molar-refractivity contribution < 1.29 is 25.2 Å². The molecule has 7 heteroatoms. The van der Waals surface area contributed by atoms with Crippen molar-refractivity contribution in [1.82, 2.24) is 5.32 Å². The van der Waals surface area contributed by atoms with Gasteiger partial charge in [0, 0.05) is 12.7 Å². The number of ether oxygens (including phenoxy) is 1. The Morgan fingerprint density at radius 2 is 1.80 bits per heavy atom. The molecular formula is C18H19N2O4S+. The highest BCUT2D eigenvalue weighted by Crippen LogP contribution is 2.29. The third-order valence-electron chi connectivity index (χ3n) is 3.26. The van der Waals surface area contributed by atoms with Crippen LogP contribution in [0.15, 0.2) is 53.4 Å². The summed E-state index contributed by atoms with van der Waals surface area (Å²) >= 11 is 0.892. The number of hydrogen-bond acceptors (Lipinski definition) is 5. The average molecular weight is 359 g/mol. The number of aliphatic hydroxyl groups is 1. The number of para-hydroxylation sites is 1. The van der Waals surface area contributed by atoms with Crippen LogP contribution in [0, 0.1) is 0 Å². The van der Waals surface area contributed by atoms with Crippen LogP contribution in [0.3, 0.4) is 0 Å². The SMILES string of the molecule is CO.[NH3+]c1ccc(COc2ccccc2/C=C2\SC(=O)NC2=O)cc1. The lowest BCUT2D eigenvalue weighted by molar-refractivity contribution is -0.254. The summed E-state index contributed by atoms with van der Waals surface area (Å²) in [7, 11) is 1.00. The van der Waals surface area contributed by atoms with Crippen molar-refractivity contribution in [3.63, 3.8) is 0 Å². The molecule has 1 fully saturated rings. The number of benzene rings is 2. The fourth-order valence-electron chi connectivity index (χ4n) is 2.09. The van der Waals surface area contributed by atoms with Gasteiger partial charge in [-0.3, -0.25) is 14.9 Å². The van der Waals surface area contributed by atoms with E-state index in [1.807, 2.05) is 48.5 Å². The monoisotopic (exact) mass is 359 g/mol. The first-order valence-electron chi connectivity index (χ1n) is 7.44. The summed E-state index contributed by atoms with van der Waals surface area (Å²) in [6, 6.07) is 15.2. The van der Waals surface area contributed by atoms with Crippen molar-refractivity contribution in [2.24, 2.45) is 0 Å². The molecule has 3 rings (SSSR count).